The van der Waals surface area contributed by atoms with Gasteiger partial charge >= 0.3 is 18.1 Å². The number of aliphatic carboxylic acids is 2. The Morgan fingerprint density at radius 2 is 1.94 bits per heavy atom. The summed E-state index contributed by atoms with van der Waals surface area (Å²) in [6, 6.07) is 0. The van der Waals surface area contributed by atoms with Crippen molar-refractivity contribution in [2.75, 3.05) is 11.9 Å². The number of aryl methyl sites for hydroxylation is 2. The van der Waals surface area contributed by atoms with Crippen LogP contribution in [0, 0.1) is 0 Å². The lowest BCUT2D eigenvalue weighted by molar-refractivity contribution is -0.134. The number of rotatable bonds is 9. The summed E-state index contributed by atoms with van der Waals surface area (Å²) in [5.74, 6) is -1.69. The number of halogens is 3. The van der Waals surface area contributed by atoms with Gasteiger partial charge in [0.1, 0.15) is 12.4 Å². The molecular weight excluding hydrogens is 425 g/mol. The van der Waals surface area contributed by atoms with Crippen LogP contribution in [-0.4, -0.2) is 65.8 Å². The summed E-state index contributed by atoms with van der Waals surface area (Å²) in [7, 11) is 0. The summed E-state index contributed by atoms with van der Waals surface area (Å²) < 4.78 is 36.0. The molecule has 0 aliphatic heterocycles. The van der Waals surface area contributed by atoms with Crippen LogP contribution in [0.2, 0.25) is 0 Å². The zero-order valence-electron chi connectivity index (χ0n) is 16.1. The van der Waals surface area contributed by atoms with Crippen LogP contribution in [0.4, 0.5) is 19.0 Å². The Morgan fingerprint density at radius 3 is 2.48 bits per heavy atom. The second kappa shape index (κ2) is 12.6. The van der Waals surface area contributed by atoms with E-state index in [0.29, 0.717) is 18.7 Å². The van der Waals surface area contributed by atoms with Crippen molar-refractivity contribution in [2.24, 2.45) is 10.7 Å². The first-order valence-electron chi connectivity index (χ1n) is 8.71. The summed E-state index contributed by atoms with van der Waals surface area (Å²) in [6.45, 7) is -0.755. The number of imidazole rings is 1. The summed E-state index contributed by atoms with van der Waals surface area (Å²) in [5, 5.41) is 26.1. The first-order valence-corrected chi connectivity index (χ1v) is 8.71. The Kier molecular flexibility index (Phi) is 10.2. The van der Waals surface area contributed by atoms with Gasteiger partial charge in [0, 0.05) is 31.0 Å². The minimum atomic E-state index is -4.39. The maximum atomic E-state index is 12.0. The van der Waals surface area contributed by atoms with Crippen molar-refractivity contribution in [1.82, 2.24) is 25.0 Å². The number of guanidine groups is 1. The average Bonchev–Trinajstić information content (AvgIpc) is 3.34. The van der Waals surface area contributed by atoms with E-state index in [9.17, 15) is 22.8 Å². The zero-order valence-corrected chi connectivity index (χ0v) is 16.1. The molecule has 0 saturated carbocycles. The van der Waals surface area contributed by atoms with Gasteiger partial charge in [0.2, 0.25) is 0 Å². The molecular formula is C16H21F3N8O4. The van der Waals surface area contributed by atoms with Gasteiger partial charge in [-0.15, -0.1) is 5.10 Å². The number of aliphatic imine (C=N–C) groups is 1. The van der Waals surface area contributed by atoms with Crippen LogP contribution in [-0.2, 0) is 22.6 Å². The lowest BCUT2D eigenvalue weighted by Gasteiger charge is -2.04. The fourth-order valence-corrected chi connectivity index (χ4v) is 1.93. The van der Waals surface area contributed by atoms with Gasteiger partial charge in [0.15, 0.2) is 11.8 Å². The van der Waals surface area contributed by atoms with Crippen LogP contribution in [0.1, 0.15) is 18.7 Å². The molecule has 0 aliphatic rings. The van der Waals surface area contributed by atoms with E-state index >= 15 is 0 Å². The largest absolute Gasteiger partial charge is 0.478 e. The number of hydrogen-bond acceptors (Lipinski definition) is 6. The van der Waals surface area contributed by atoms with Crippen LogP contribution in [0.3, 0.4) is 0 Å². The molecule has 0 aromatic carbocycles. The molecule has 0 unspecified atom stereocenters. The van der Waals surface area contributed by atoms with Gasteiger partial charge in [-0.2, -0.15) is 23.1 Å². The number of H-pyrrole nitrogens is 1. The fourth-order valence-electron chi connectivity index (χ4n) is 1.93. The highest BCUT2D eigenvalue weighted by molar-refractivity contribution is 5.91. The van der Waals surface area contributed by atoms with Crippen molar-refractivity contribution in [3.8, 4) is 0 Å². The standard InChI is InChI=1S/C12H17F3N8.C4H4O4/c13-12(14,15)8-19-11(16)21-10-7-20-23(22-10)6-2-1-3-9-17-4-5-18-9;5-3(6)1-2-4(7)8/h4-5,7H,1-3,6,8H2,(H,17,18)(H3,16,19,21,22);1-2H,(H,5,6)(H,7,8). The number of nitrogens with zero attached hydrogens (tertiary/aromatic N) is 5. The lowest BCUT2D eigenvalue weighted by Crippen LogP contribution is -2.25. The Hall–Kier alpha value is -3.91. The molecule has 31 heavy (non-hydrogen) atoms. The molecule has 0 radical (unpaired) electrons. The molecule has 0 saturated heterocycles. The smallest absolute Gasteiger partial charge is 0.408 e. The van der Waals surface area contributed by atoms with Gasteiger partial charge < -0.3 is 26.2 Å². The van der Waals surface area contributed by atoms with Crippen LogP contribution in [0.5, 0.6) is 0 Å². The number of unbranched alkanes of at least 4 members (excludes halogenated alkanes) is 1. The quantitative estimate of drug-likeness (QED) is 0.162. The van der Waals surface area contributed by atoms with Gasteiger partial charge in [0.25, 0.3) is 0 Å². The Bertz CT molecular complexity index is 862. The molecule has 6 N–H and O–H groups in total. The number of aromatic nitrogens is 5. The van der Waals surface area contributed by atoms with E-state index in [4.69, 9.17) is 15.9 Å². The van der Waals surface area contributed by atoms with Crippen LogP contribution >= 0.6 is 0 Å². The number of carbonyl (C=O) groups is 2. The van der Waals surface area contributed by atoms with E-state index in [2.05, 4.69) is 30.5 Å². The molecule has 170 valence electrons. The van der Waals surface area contributed by atoms with Crippen molar-refractivity contribution in [3.63, 3.8) is 0 Å². The summed E-state index contributed by atoms with van der Waals surface area (Å²) in [4.78, 5) is 30.9. The summed E-state index contributed by atoms with van der Waals surface area (Å²) >= 11 is 0. The minimum Gasteiger partial charge on any atom is -0.478 e. The van der Waals surface area contributed by atoms with Crippen molar-refractivity contribution < 1.29 is 33.0 Å². The van der Waals surface area contributed by atoms with Crippen LogP contribution in [0.15, 0.2) is 35.7 Å². The first kappa shape index (κ1) is 25.1. The number of nitrogens with one attached hydrogen (secondary N) is 2. The predicted octanol–water partition coefficient (Wildman–Crippen LogP) is 1.02. The monoisotopic (exact) mass is 446 g/mol. The Balaban J connectivity index is 0.000000512. The predicted molar refractivity (Wildman–Crippen MR) is 102 cm³/mol. The average molecular weight is 446 g/mol. The van der Waals surface area contributed by atoms with E-state index in [-0.39, 0.29) is 11.8 Å². The normalized spacial score (nSPS) is 11.8. The van der Waals surface area contributed by atoms with E-state index < -0.39 is 24.7 Å². The van der Waals surface area contributed by atoms with Gasteiger partial charge in [-0.05, 0) is 12.8 Å². The summed E-state index contributed by atoms with van der Waals surface area (Å²) in [6.07, 6.45) is 4.15. The molecule has 2 rings (SSSR count). The Labute approximate surface area is 173 Å². The molecule has 0 aliphatic carbocycles. The van der Waals surface area contributed by atoms with Crippen LogP contribution < -0.4 is 11.1 Å². The lowest BCUT2D eigenvalue weighted by atomic mass is 10.2. The summed E-state index contributed by atoms with van der Waals surface area (Å²) in [5.41, 5.74) is 5.35. The highest BCUT2D eigenvalue weighted by atomic mass is 19.4. The third kappa shape index (κ3) is 13.0. The van der Waals surface area contributed by atoms with Crippen molar-refractivity contribution in [3.05, 3.63) is 36.6 Å². The number of nitrogens with two attached hydrogens (primary N) is 1. The van der Waals surface area contributed by atoms with E-state index in [0.717, 1.165) is 25.1 Å². The number of aromatic amines is 1. The molecule has 0 spiro atoms. The zero-order chi connectivity index (χ0) is 23.3. The molecule has 12 nitrogen and oxygen atoms in total. The minimum absolute atomic E-state index is 0.249. The molecule has 2 aromatic heterocycles. The van der Waals surface area contributed by atoms with E-state index in [1.807, 2.05) is 0 Å². The number of carboxylic acid groups (broad SMARTS) is 2. The third-order valence-electron chi connectivity index (χ3n) is 3.17. The van der Waals surface area contributed by atoms with Gasteiger partial charge in [-0.1, -0.05) is 0 Å². The van der Waals surface area contributed by atoms with E-state index in [1.165, 1.54) is 11.0 Å². The highest BCUT2D eigenvalue weighted by Crippen LogP contribution is 2.14. The second-order valence-electron chi connectivity index (χ2n) is 5.77. The molecule has 0 atom stereocenters. The van der Waals surface area contributed by atoms with Crippen molar-refractivity contribution in [1.29, 1.82) is 0 Å². The number of anilines is 1. The number of carboxylic acids is 2. The van der Waals surface area contributed by atoms with Gasteiger partial charge in [-0.25, -0.2) is 19.6 Å². The van der Waals surface area contributed by atoms with Crippen LogP contribution in [0.25, 0.3) is 0 Å². The van der Waals surface area contributed by atoms with E-state index in [1.54, 1.807) is 12.4 Å². The molecule has 15 heteroatoms. The molecule has 0 amide bonds. The molecule has 0 bridgehead atoms. The maximum absolute atomic E-state index is 12.0. The number of hydrogen-bond donors (Lipinski definition) is 5. The van der Waals surface area contributed by atoms with Crippen molar-refractivity contribution in [2.45, 2.75) is 32.0 Å². The SMILES string of the molecule is NC(=NCC(F)(F)F)Nc1cnn(CCCCc2ncc[nH]2)n1.O=C(O)C=CC(=O)O. The molecule has 2 heterocycles. The fraction of sp³-hybridized carbons (Fsp3) is 0.375. The second-order valence-corrected chi connectivity index (χ2v) is 5.77. The molecule has 2 aromatic rings. The Morgan fingerprint density at radius 1 is 1.26 bits per heavy atom. The first-order chi connectivity index (χ1) is 14.5. The molecule has 0 fully saturated rings. The topological polar surface area (TPSA) is 184 Å². The van der Waals surface area contributed by atoms with Gasteiger partial charge in [-0.3, -0.25) is 0 Å². The van der Waals surface area contributed by atoms with Crippen molar-refractivity contribution >= 4 is 23.7 Å². The third-order valence-corrected chi connectivity index (χ3v) is 3.17. The highest BCUT2D eigenvalue weighted by Gasteiger charge is 2.26. The maximum Gasteiger partial charge on any atom is 0.408 e. The number of alkyl halides is 3. The van der Waals surface area contributed by atoms with Gasteiger partial charge in [0.05, 0.1) is 12.7 Å².